The summed E-state index contributed by atoms with van der Waals surface area (Å²) in [6.45, 7) is 2.99. The number of carbonyl (C=O) groups excluding carboxylic acids is 2. The average Bonchev–Trinajstić information content (AvgIpc) is 2.94. The molecule has 0 aromatic carbocycles. The molecule has 0 fully saturated rings. The fourth-order valence-corrected chi connectivity index (χ4v) is 2.55. The van der Waals surface area contributed by atoms with Crippen LogP contribution in [0.25, 0.3) is 11.3 Å². The Bertz CT molecular complexity index is 857. The predicted molar refractivity (Wildman–Crippen MR) is 91.0 cm³/mol. The van der Waals surface area contributed by atoms with Gasteiger partial charge in [0, 0.05) is 18.7 Å². The van der Waals surface area contributed by atoms with E-state index in [4.69, 9.17) is 9.59 Å². The molecule has 0 saturated carbocycles. The Morgan fingerprint density at radius 2 is 1.79 bits per heavy atom. The van der Waals surface area contributed by atoms with Crippen molar-refractivity contribution in [3.8, 4) is 17.1 Å². The number of nitrogens with zero attached hydrogens (tertiary/aromatic N) is 3. The number of aromatic nitrogens is 3. The smallest absolute Gasteiger partial charge is 0.394 e. The summed E-state index contributed by atoms with van der Waals surface area (Å²) in [6, 6.07) is 2.84. The number of hydrogen-bond acceptors (Lipinski definition) is 5. The van der Waals surface area contributed by atoms with Gasteiger partial charge >= 0.3 is 18.9 Å². The fraction of sp³-hybridized carbons (Fsp3) is 0.500. The molecule has 6 nitrogen and oxygen atoms in total. The van der Waals surface area contributed by atoms with Crippen molar-refractivity contribution in [2.45, 2.75) is 53.4 Å². The molecule has 0 bridgehead atoms. The second-order valence-corrected chi connectivity index (χ2v) is 6.67. The van der Waals surface area contributed by atoms with Crippen LogP contribution in [0.1, 0.15) is 32.0 Å². The Labute approximate surface area is 163 Å². The first-order valence-corrected chi connectivity index (χ1v) is 8.41. The minimum atomic E-state index is -4.45. The Kier molecular flexibility index (Phi) is 8.02. The van der Waals surface area contributed by atoms with E-state index in [9.17, 15) is 22.0 Å². The molecular formula is C18H20F5N3O3. The van der Waals surface area contributed by atoms with Gasteiger partial charge < -0.3 is 4.74 Å². The fourth-order valence-electron chi connectivity index (χ4n) is 2.55. The Morgan fingerprint density at radius 1 is 1.21 bits per heavy atom. The van der Waals surface area contributed by atoms with Crippen LogP contribution in [0.3, 0.4) is 0 Å². The molecule has 0 spiro atoms. The first kappa shape index (κ1) is 24.2. The van der Waals surface area contributed by atoms with Crippen LogP contribution in [0.15, 0.2) is 18.3 Å². The van der Waals surface area contributed by atoms with Gasteiger partial charge in [-0.3, -0.25) is 4.68 Å². The highest BCUT2D eigenvalue weighted by Gasteiger charge is 2.47. The van der Waals surface area contributed by atoms with Crippen LogP contribution in [-0.2, 0) is 22.6 Å². The molecule has 0 N–H and O–H groups in total. The van der Waals surface area contributed by atoms with E-state index >= 15 is 0 Å². The molecule has 0 radical (unpaired) electrons. The molecule has 2 aromatic heterocycles. The molecule has 0 amide bonds. The van der Waals surface area contributed by atoms with E-state index < -0.39 is 30.5 Å². The van der Waals surface area contributed by atoms with Crippen LogP contribution in [-0.4, -0.2) is 33.7 Å². The summed E-state index contributed by atoms with van der Waals surface area (Å²) in [7, 11) is 0. The summed E-state index contributed by atoms with van der Waals surface area (Å²) in [5.74, 6) is -0.409. The summed E-state index contributed by atoms with van der Waals surface area (Å²) < 4.78 is 71.0. The first-order chi connectivity index (χ1) is 13.4. The van der Waals surface area contributed by atoms with Gasteiger partial charge in [-0.1, -0.05) is 13.8 Å². The third-order valence-electron chi connectivity index (χ3n) is 4.09. The van der Waals surface area contributed by atoms with Gasteiger partial charge in [-0.25, -0.2) is 4.98 Å². The van der Waals surface area contributed by atoms with Crippen LogP contribution >= 0.6 is 0 Å². The molecule has 0 aliphatic rings. The number of pyridine rings is 1. The molecule has 2 heterocycles. The van der Waals surface area contributed by atoms with Crippen LogP contribution in [0.5, 0.6) is 5.88 Å². The lowest BCUT2D eigenvalue weighted by Gasteiger charge is -2.27. The van der Waals surface area contributed by atoms with Gasteiger partial charge in [-0.15, -0.1) is 0 Å². The van der Waals surface area contributed by atoms with Gasteiger partial charge in [0.05, 0.1) is 22.9 Å². The number of hydrogen-bond donors (Lipinski definition) is 0. The molecule has 0 saturated heterocycles. The van der Waals surface area contributed by atoms with E-state index in [1.54, 1.807) is 17.8 Å². The Morgan fingerprint density at radius 3 is 2.28 bits per heavy atom. The van der Waals surface area contributed by atoms with E-state index in [1.807, 2.05) is 6.92 Å². The number of halogens is 5. The first-order valence-electron chi connectivity index (χ1n) is 8.41. The zero-order valence-corrected chi connectivity index (χ0v) is 16.2. The van der Waals surface area contributed by atoms with Crippen molar-refractivity contribution in [1.29, 1.82) is 0 Å². The maximum atomic E-state index is 13.1. The monoisotopic (exact) mass is 421 g/mol. The molecule has 0 aliphatic heterocycles. The van der Waals surface area contributed by atoms with Crippen molar-refractivity contribution in [2.75, 3.05) is 0 Å². The molecular weight excluding hydrogens is 401 g/mol. The zero-order chi connectivity index (χ0) is 22.4. The molecule has 160 valence electrons. The van der Waals surface area contributed by atoms with Crippen molar-refractivity contribution < 1.29 is 36.3 Å². The number of aryl methyl sites for hydroxylation is 2. The Hall–Kier alpha value is -2.81. The predicted octanol–water partition coefficient (Wildman–Crippen LogP) is 4.42. The molecule has 0 aliphatic carbocycles. The second-order valence-electron chi connectivity index (χ2n) is 6.67. The van der Waals surface area contributed by atoms with Crippen molar-refractivity contribution in [3.63, 3.8) is 0 Å². The van der Waals surface area contributed by atoms with Crippen LogP contribution < -0.4 is 4.74 Å². The van der Waals surface area contributed by atoms with Gasteiger partial charge in [0.2, 0.25) is 5.88 Å². The van der Waals surface area contributed by atoms with E-state index in [0.29, 0.717) is 12.2 Å². The second kappa shape index (κ2) is 9.60. The van der Waals surface area contributed by atoms with Gasteiger partial charge in [-0.05, 0) is 31.5 Å². The average molecular weight is 421 g/mol. The largest absolute Gasteiger partial charge is 0.416 e. The normalized spacial score (nSPS) is 11.7. The van der Waals surface area contributed by atoms with Crippen LogP contribution in [0, 0.1) is 12.3 Å². The maximum Gasteiger partial charge on any atom is 0.394 e. The molecule has 2 rings (SSSR count). The molecule has 0 atom stereocenters. The van der Waals surface area contributed by atoms with Crippen molar-refractivity contribution in [3.05, 3.63) is 29.6 Å². The zero-order valence-electron chi connectivity index (χ0n) is 16.2. The lowest BCUT2D eigenvalue weighted by molar-refractivity contribution is -0.211. The lowest BCUT2D eigenvalue weighted by atomic mass is 9.87. The molecule has 11 heteroatoms. The Balaban J connectivity index is 0.00000132. The topological polar surface area (TPSA) is 74.1 Å². The van der Waals surface area contributed by atoms with E-state index in [1.165, 1.54) is 12.1 Å². The highest BCUT2D eigenvalue weighted by Crippen LogP contribution is 2.41. The van der Waals surface area contributed by atoms with Crippen LogP contribution in [0.4, 0.5) is 22.0 Å². The number of ether oxygens (including phenoxy) is 1. The van der Waals surface area contributed by atoms with Gasteiger partial charge in [-0.2, -0.15) is 36.6 Å². The molecule has 0 unspecified atom stereocenters. The summed E-state index contributed by atoms with van der Waals surface area (Å²) in [5.41, 5.74) is -0.513. The standard InChI is InChI=1S/C17H20F5N3O.CO2/c1-5-25-13(10(2)9-23-25)12-7-6-11(24-14(12)26-15(18)19)8-16(3,4)17(20,21)22;2-1-3/h6-7,9,15H,5,8H2,1-4H3;. The quantitative estimate of drug-likeness (QED) is 0.646. The SMILES string of the molecule is CCn1ncc(C)c1-c1ccc(CC(C)(C)C(F)(F)F)nc1OC(F)F.O=C=O. The summed E-state index contributed by atoms with van der Waals surface area (Å²) in [6.07, 6.45) is -3.08. The lowest BCUT2D eigenvalue weighted by Crippen LogP contribution is -2.34. The minimum Gasteiger partial charge on any atom is -0.416 e. The summed E-state index contributed by atoms with van der Waals surface area (Å²) in [4.78, 5) is 20.2. The van der Waals surface area contributed by atoms with Gasteiger partial charge in [0.25, 0.3) is 0 Å². The molecule has 2 aromatic rings. The maximum absolute atomic E-state index is 13.1. The van der Waals surface area contributed by atoms with E-state index in [0.717, 1.165) is 19.4 Å². The van der Waals surface area contributed by atoms with Crippen molar-refractivity contribution >= 4 is 6.15 Å². The summed E-state index contributed by atoms with van der Waals surface area (Å²) >= 11 is 0. The van der Waals surface area contributed by atoms with Gasteiger partial charge in [0.1, 0.15) is 0 Å². The van der Waals surface area contributed by atoms with Gasteiger partial charge in [0.15, 0.2) is 0 Å². The van der Waals surface area contributed by atoms with Crippen LogP contribution in [0.2, 0.25) is 0 Å². The third kappa shape index (κ3) is 6.08. The van der Waals surface area contributed by atoms with E-state index in [2.05, 4.69) is 14.8 Å². The number of rotatable bonds is 6. The van der Waals surface area contributed by atoms with Crippen molar-refractivity contribution in [2.24, 2.45) is 5.41 Å². The highest BCUT2D eigenvalue weighted by molar-refractivity contribution is 5.68. The van der Waals surface area contributed by atoms with E-state index in [-0.39, 0.29) is 17.4 Å². The van der Waals surface area contributed by atoms with Crippen molar-refractivity contribution in [1.82, 2.24) is 14.8 Å². The minimum absolute atomic E-state index is 0.0203. The number of alkyl halides is 5. The summed E-state index contributed by atoms with van der Waals surface area (Å²) in [5, 5.41) is 4.14. The highest BCUT2D eigenvalue weighted by atomic mass is 19.4. The molecule has 29 heavy (non-hydrogen) atoms. The third-order valence-corrected chi connectivity index (χ3v) is 4.09.